The lowest BCUT2D eigenvalue weighted by atomic mass is 10.2. The molecule has 4 aromatic rings. The van der Waals surface area contributed by atoms with Gasteiger partial charge < -0.3 is 9.30 Å². The molecule has 2 aromatic heterocycles. The van der Waals surface area contributed by atoms with Crippen molar-refractivity contribution in [3.05, 3.63) is 83.6 Å². The van der Waals surface area contributed by atoms with E-state index < -0.39 is 16.9 Å². The Kier molecular flexibility index (Phi) is 5.06. The summed E-state index contributed by atoms with van der Waals surface area (Å²) in [6.45, 7) is 0. The van der Waals surface area contributed by atoms with Crippen LogP contribution in [0.25, 0.3) is 16.6 Å². The zero-order valence-electron chi connectivity index (χ0n) is 15.6. The predicted molar refractivity (Wildman–Crippen MR) is 112 cm³/mol. The van der Waals surface area contributed by atoms with Gasteiger partial charge in [-0.3, -0.25) is 14.6 Å². The van der Waals surface area contributed by atoms with E-state index in [1.54, 1.807) is 25.2 Å². The molecule has 0 spiro atoms. The van der Waals surface area contributed by atoms with Gasteiger partial charge in [-0.2, -0.15) is 9.94 Å². The summed E-state index contributed by atoms with van der Waals surface area (Å²) >= 11 is 12.6. The van der Waals surface area contributed by atoms with Crippen LogP contribution in [0, 0.1) is 11.3 Å². The molecule has 0 amide bonds. The van der Waals surface area contributed by atoms with Gasteiger partial charge in [0.1, 0.15) is 11.8 Å². The Morgan fingerprint density at radius 1 is 1.13 bits per heavy atom. The van der Waals surface area contributed by atoms with Crippen molar-refractivity contribution in [2.45, 2.75) is 0 Å². The molecule has 0 aliphatic heterocycles. The number of rotatable bonds is 3. The normalized spacial score (nSPS) is 10.8. The number of benzene rings is 2. The van der Waals surface area contributed by atoms with Crippen molar-refractivity contribution in [1.29, 1.82) is 5.26 Å². The lowest BCUT2D eigenvalue weighted by Crippen LogP contribution is -2.33. The molecule has 154 valence electrons. The van der Waals surface area contributed by atoms with E-state index in [1.165, 1.54) is 29.1 Å². The smallest absolute Gasteiger partial charge is 0.349 e. The van der Waals surface area contributed by atoms with E-state index in [-0.39, 0.29) is 27.0 Å². The summed E-state index contributed by atoms with van der Waals surface area (Å²) in [6, 6.07) is 8.99. The first-order valence-electron chi connectivity index (χ1n) is 8.55. The largest absolute Gasteiger partial charge is 0.454 e. The number of hydrogen-bond acceptors (Lipinski definition) is 7. The van der Waals surface area contributed by atoms with E-state index in [2.05, 4.69) is 10.1 Å². The molecule has 31 heavy (non-hydrogen) atoms. The van der Waals surface area contributed by atoms with E-state index in [0.717, 1.165) is 4.68 Å². The summed E-state index contributed by atoms with van der Waals surface area (Å²) < 4.78 is 7.89. The van der Waals surface area contributed by atoms with E-state index in [4.69, 9.17) is 33.2 Å². The minimum Gasteiger partial charge on any atom is -0.454 e. The summed E-state index contributed by atoms with van der Waals surface area (Å²) in [5.41, 5.74) is -1.92. The van der Waals surface area contributed by atoms with Crippen LogP contribution < -0.4 is 21.5 Å². The molecule has 0 fully saturated rings. The summed E-state index contributed by atoms with van der Waals surface area (Å²) in [5.74, 6) is 0.366. The molecule has 0 atom stereocenters. The lowest BCUT2D eigenvalue weighted by Gasteiger charge is -2.12. The van der Waals surface area contributed by atoms with Crippen LogP contribution in [0.2, 0.25) is 10.0 Å². The zero-order chi connectivity index (χ0) is 22.3. The van der Waals surface area contributed by atoms with Crippen molar-refractivity contribution in [3.63, 3.8) is 0 Å². The van der Waals surface area contributed by atoms with Crippen LogP contribution in [0.3, 0.4) is 0 Å². The number of ether oxygens (including phenoxy) is 1. The Morgan fingerprint density at radius 3 is 2.52 bits per heavy atom. The maximum Gasteiger partial charge on any atom is 0.349 e. The van der Waals surface area contributed by atoms with E-state index in [1.807, 2.05) is 4.98 Å². The standard InChI is InChI=1S/C19H10Cl2N6O4/c1-26-8-23-14-3-2-10(6-11(14)18(26)29)31-16-12(20)4-9(5-13(16)21)27-19(30)24-17(28)15(7-22)25-27/h2-6,8H,1H3,(H,24,28,30). The van der Waals surface area contributed by atoms with Gasteiger partial charge in [-0.1, -0.05) is 23.2 Å². The van der Waals surface area contributed by atoms with Crippen molar-refractivity contribution < 1.29 is 4.74 Å². The molecule has 0 radical (unpaired) electrons. The predicted octanol–water partition coefficient (Wildman–Crippen LogP) is 2.14. The maximum atomic E-state index is 12.3. The third-order valence-electron chi connectivity index (χ3n) is 4.27. The summed E-state index contributed by atoms with van der Waals surface area (Å²) in [5, 5.41) is 13.1. The molecule has 2 aromatic carbocycles. The number of nitrogens with one attached hydrogen (secondary N) is 1. The lowest BCUT2D eigenvalue weighted by molar-refractivity contribution is 0.483. The number of fused-ring (bicyclic) bond motifs is 1. The number of aromatic amines is 1. The van der Waals surface area contributed by atoms with Crippen LogP contribution in [-0.2, 0) is 7.05 Å². The minimum atomic E-state index is -0.905. The number of aryl methyl sites for hydroxylation is 1. The highest BCUT2D eigenvalue weighted by atomic mass is 35.5. The van der Waals surface area contributed by atoms with Gasteiger partial charge in [-0.15, -0.1) is 5.10 Å². The van der Waals surface area contributed by atoms with E-state index in [9.17, 15) is 14.4 Å². The Labute approximate surface area is 182 Å². The van der Waals surface area contributed by atoms with Gasteiger partial charge in [-0.25, -0.2) is 9.78 Å². The van der Waals surface area contributed by atoms with Gasteiger partial charge in [0.2, 0.25) is 5.69 Å². The molecule has 1 N–H and O–H groups in total. The van der Waals surface area contributed by atoms with Crippen molar-refractivity contribution >= 4 is 34.1 Å². The maximum absolute atomic E-state index is 12.3. The van der Waals surface area contributed by atoms with Crippen LogP contribution in [-0.4, -0.2) is 24.3 Å². The fourth-order valence-corrected chi connectivity index (χ4v) is 3.34. The van der Waals surface area contributed by atoms with Crippen molar-refractivity contribution in [1.82, 2.24) is 24.3 Å². The van der Waals surface area contributed by atoms with Crippen molar-refractivity contribution in [3.8, 4) is 23.3 Å². The number of nitriles is 1. The van der Waals surface area contributed by atoms with Gasteiger partial charge in [0.25, 0.3) is 11.1 Å². The third kappa shape index (κ3) is 3.68. The first kappa shape index (κ1) is 20.3. The topological polar surface area (TPSA) is 136 Å². The fourth-order valence-electron chi connectivity index (χ4n) is 2.79. The van der Waals surface area contributed by atoms with Crippen molar-refractivity contribution in [2.24, 2.45) is 7.05 Å². The molecule has 4 rings (SSSR count). The number of H-pyrrole nitrogens is 1. The minimum absolute atomic E-state index is 0.0279. The second kappa shape index (κ2) is 7.71. The number of hydrogen-bond donors (Lipinski definition) is 1. The second-order valence-corrected chi connectivity index (χ2v) is 7.13. The second-order valence-electron chi connectivity index (χ2n) is 6.31. The van der Waals surface area contributed by atoms with Gasteiger partial charge in [0.05, 0.1) is 33.0 Å². The molecule has 10 nitrogen and oxygen atoms in total. The fraction of sp³-hybridized carbons (Fsp3) is 0.0526. The average molecular weight is 457 g/mol. The van der Waals surface area contributed by atoms with Gasteiger partial charge >= 0.3 is 5.69 Å². The quantitative estimate of drug-likeness (QED) is 0.498. The number of nitrogens with zero attached hydrogens (tertiary/aromatic N) is 5. The van der Waals surface area contributed by atoms with Crippen LogP contribution in [0.1, 0.15) is 5.69 Å². The first-order valence-corrected chi connectivity index (χ1v) is 9.30. The molecule has 0 saturated heterocycles. The van der Waals surface area contributed by atoms with E-state index >= 15 is 0 Å². The SMILES string of the molecule is Cn1cnc2ccc(Oc3c(Cl)cc(-n4nc(C#N)c(=O)[nH]c4=O)cc3Cl)cc2c1=O. The molecule has 12 heteroatoms. The molecular formula is C19H10Cl2N6O4. The monoisotopic (exact) mass is 456 g/mol. The Bertz CT molecular complexity index is 1560. The Hall–Kier alpha value is -3.94. The Balaban J connectivity index is 1.77. The highest BCUT2D eigenvalue weighted by Gasteiger charge is 2.15. The summed E-state index contributed by atoms with van der Waals surface area (Å²) in [6.07, 6.45) is 1.42. The molecule has 0 bridgehead atoms. The molecule has 0 saturated carbocycles. The summed E-state index contributed by atoms with van der Waals surface area (Å²) in [7, 11) is 1.58. The molecule has 0 unspecified atom stereocenters. The molecule has 0 aliphatic carbocycles. The number of halogens is 2. The highest BCUT2D eigenvalue weighted by molar-refractivity contribution is 6.37. The van der Waals surface area contributed by atoms with E-state index in [0.29, 0.717) is 16.7 Å². The van der Waals surface area contributed by atoms with Crippen LogP contribution >= 0.6 is 23.2 Å². The molecule has 2 heterocycles. The van der Waals surface area contributed by atoms with Gasteiger partial charge in [0.15, 0.2) is 5.75 Å². The molecule has 0 aliphatic rings. The zero-order valence-corrected chi connectivity index (χ0v) is 17.1. The third-order valence-corrected chi connectivity index (χ3v) is 4.83. The summed E-state index contributed by atoms with van der Waals surface area (Å²) in [4.78, 5) is 42.1. The number of aromatic nitrogens is 5. The van der Waals surface area contributed by atoms with Crippen LogP contribution in [0.5, 0.6) is 11.5 Å². The van der Waals surface area contributed by atoms with Gasteiger partial charge in [-0.05, 0) is 30.3 Å². The van der Waals surface area contributed by atoms with Crippen LogP contribution in [0.4, 0.5) is 0 Å². The van der Waals surface area contributed by atoms with Crippen LogP contribution in [0.15, 0.2) is 51.0 Å². The average Bonchev–Trinajstić information content (AvgIpc) is 2.73. The highest BCUT2D eigenvalue weighted by Crippen LogP contribution is 2.38. The van der Waals surface area contributed by atoms with Gasteiger partial charge in [0, 0.05) is 7.05 Å². The Morgan fingerprint density at radius 2 is 1.84 bits per heavy atom. The molecular weight excluding hydrogens is 447 g/mol. The van der Waals surface area contributed by atoms with Crippen molar-refractivity contribution in [2.75, 3.05) is 0 Å². The first-order chi connectivity index (χ1) is 14.8.